The van der Waals surface area contributed by atoms with Gasteiger partial charge in [0.2, 0.25) is 21.5 Å². The Kier molecular flexibility index (Phi) is 5.96. The van der Waals surface area contributed by atoms with E-state index in [1.54, 1.807) is 12.1 Å². The quantitative estimate of drug-likeness (QED) is 0.699. The number of rotatable bonds is 6. The molecule has 3 rings (SSSR count). The predicted octanol–water partition coefficient (Wildman–Crippen LogP) is 1.89. The third-order valence-electron chi connectivity index (χ3n) is 5.11. The van der Waals surface area contributed by atoms with Gasteiger partial charge in [0.1, 0.15) is 0 Å². The molecule has 8 heteroatoms. The highest BCUT2D eigenvalue weighted by molar-refractivity contribution is 7.89. The number of fused-ring (bicyclic) bond motifs is 1. The van der Waals surface area contributed by atoms with Gasteiger partial charge in [-0.05, 0) is 48.4 Å². The van der Waals surface area contributed by atoms with Crippen molar-refractivity contribution in [3.63, 3.8) is 0 Å². The minimum atomic E-state index is -3.72. The first-order valence-electron chi connectivity index (χ1n) is 9.27. The maximum absolute atomic E-state index is 12.5. The molecule has 2 atom stereocenters. The SMILES string of the molecule is C[C@H]1CCCC[C@H]1NC(=O)CCNS(=O)(=O)c1ccc2[nH]c(=O)ccc2c1. The van der Waals surface area contributed by atoms with Crippen molar-refractivity contribution >= 4 is 26.8 Å². The smallest absolute Gasteiger partial charge is 0.248 e. The van der Waals surface area contributed by atoms with E-state index in [1.807, 2.05) is 0 Å². The molecule has 0 saturated heterocycles. The van der Waals surface area contributed by atoms with Gasteiger partial charge in [-0.2, -0.15) is 0 Å². The van der Waals surface area contributed by atoms with Crippen molar-refractivity contribution in [3.8, 4) is 0 Å². The van der Waals surface area contributed by atoms with Crippen LogP contribution in [0.25, 0.3) is 10.9 Å². The van der Waals surface area contributed by atoms with Crippen LogP contribution >= 0.6 is 0 Å². The number of hydrogen-bond acceptors (Lipinski definition) is 4. The molecule has 7 nitrogen and oxygen atoms in total. The first-order valence-corrected chi connectivity index (χ1v) is 10.8. The van der Waals surface area contributed by atoms with Crippen molar-refractivity contribution in [2.75, 3.05) is 6.54 Å². The zero-order valence-corrected chi connectivity index (χ0v) is 16.1. The lowest BCUT2D eigenvalue weighted by atomic mass is 9.86. The van der Waals surface area contributed by atoms with Crippen LogP contribution in [0.1, 0.15) is 39.0 Å². The first kappa shape index (κ1) is 19.6. The second-order valence-electron chi connectivity index (χ2n) is 7.16. The summed E-state index contributed by atoms with van der Waals surface area (Å²) in [5.41, 5.74) is 0.331. The molecule has 1 saturated carbocycles. The number of hydrogen-bond donors (Lipinski definition) is 3. The molecule has 1 aliphatic rings. The molecule has 27 heavy (non-hydrogen) atoms. The van der Waals surface area contributed by atoms with E-state index in [0.717, 1.165) is 19.3 Å². The van der Waals surface area contributed by atoms with Crippen LogP contribution in [-0.4, -0.2) is 31.9 Å². The van der Waals surface area contributed by atoms with Crippen LogP contribution in [0, 0.1) is 5.92 Å². The van der Waals surface area contributed by atoms with Crippen LogP contribution in [0.4, 0.5) is 0 Å². The van der Waals surface area contributed by atoms with Gasteiger partial charge in [-0.1, -0.05) is 19.8 Å². The molecule has 1 amide bonds. The summed E-state index contributed by atoms with van der Waals surface area (Å²) < 4.78 is 27.4. The van der Waals surface area contributed by atoms with Crippen LogP contribution in [0.5, 0.6) is 0 Å². The highest BCUT2D eigenvalue weighted by Gasteiger charge is 2.23. The zero-order chi connectivity index (χ0) is 19.4. The van der Waals surface area contributed by atoms with E-state index in [4.69, 9.17) is 0 Å². The number of aromatic amines is 1. The summed E-state index contributed by atoms with van der Waals surface area (Å²) in [5, 5.41) is 3.64. The van der Waals surface area contributed by atoms with Crippen molar-refractivity contribution in [1.82, 2.24) is 15.0 Å². The Hall–Kier alpha value is -2.19. The Morgan fingerprint density at radius 2 is 1.96 bits per heavy atom. The van der Waals surface area contributed by atoms with Crippen LogP contribution in [0.2, 0.25) is 0 Å². The zero-order valence-electron chi connectivity index (χ0n) is 15.3. The van der Waals surface area contributed by atoms with Gasteiger partial charge in [0, 0.05) is 30.6 Å². The number of aromatic nitrogens is 1. The summed E-state index contributed by atoms with van der Waals surface area (Å²) in [6.45, 7) is 2.18. The Morgan fingerprint density at radius 1 is 1.19 bits per heavy atom. The fraction of sp³-hybridized carbons (Fsp3) is 0.474. The molecule has 0 spiro atoms. The van der Waals surface area contributed by atoms with Gasteiger partial charge in [-0.25, -0.2) is 13.1 Å². The van der Waals surface area contributed by atoms with Crippen LogP contribution in [-0.2, 0) is 14.8 Å². The third kappa shape index (κ3) is 4.95. The van der Waals surface area contributed by atoms with E-state index in [1.165, 1.54) is 24.6 Å². The fourth-order valence-corrected chi connectivity index (χ4v) is 4.56. The predicted molar refractivity (Wildman–Crippen MR) is 104 cm³/mol. The number of sulfonamides is 1. The Morgan fingerprint density at radius 3 is 2.74 bits per heavy atom. The third-order valence-corrected chi connectivity index (χ3v) is 6.57. The van der Waals surface area contributed by atoms with Gasteiger partial charge >= 0.3 is 0 Å². The lowest BCUT2D eigenvalue weighted by molar-refractivity contribution is -0.122. The van der Waals surface area contributed by atoms with Gasteiger partial charge in [0.25, 0.3) is 0 Å². The average molecular weight is 391 g/mol. The molecule has 0 bridgehead atoms. The van der Waals surface area contributed by atoms with Gasteiger partial charge in [0.15, 0.2) is 0 Å². The number of amides is 1. The molecule has 1 fully saturated rings. The van der Waals surface area contributed by atoms with Gasteiger partial charge in [-0.3, -0.25) is 9.59 Å². The Bertz CT molecular complexity index is 984. The molecular weight excluding hydrogens is 366 g/mol. The average Bonchev–Trinajstić information content (AvgIpc) is 2.63. The second kappa shape index (κ2) is 8.22. The molecular formula is C19H25N3O4S. The van der Waals surface area contributed by atoms with Crippen LogP contribution in [0.15, 0.2) is 40.0 Å². The monoisotopic (exact) mass is 391 g/mol. The van der Waals surface area contributed by atoms with Gasteiger partial charge < -0.3 is 10.3 Å². The summed E-state index contributed by atoms with van der Waals surface area (Å²) in [4.78, 5) is 26.2. The van der Waals surface area contributed by atoms with Gasteiger partial charge in [0.05, 0.1) is 4.90 Å². The summed E-state index contributed by atoms with van der Waals surface area (Å²) >= 11 is 0. The molecule has 3 N–H and O–H groups in total. The summed E-state index contributed by atoms with van der Waals surface area (Å²) in [6.07, 6.45) is 4.52. The number of H-pyrrole nitrogens is 1. The van der Waals surface area contributed by atoms with Crippen molar-refractivity contribution in [3.05, 3.63) is 40.7 Å². The van der Waals surface area contributed by atoms with Crippen LogP contribution < -0.4 is 15.6 Å². The summed E-state index contributed by atoms with van der Waals surface area (Å²) in [6, 6.07) is 7.60. The van der Waals surface area contributed by atoms with E-state index in [-0.39, 0.29) is 35.4 Å². The maximum Gasteiger partial charge on any atom is 0.248 e. The maximum atomic E-state index is 12.5. The number of carbonyl (C=O) groups excluding carboxylic acids is 1. The number of pyridine rings is 1. The molecule has 1 heterocycles. The van der Waals surface area contributed by atoms with E-state index < -0.39 is 10.0 Å². The topological polar surface area (TPSA) is 108 Å². The summed E-state index contributed by atoms with van der Waals surface area (Å²) in [5.74, 6) is 0.330. The normalized spacial score (nSPS) is 20.5. The van der Waals surface area contributed by atoms with E-state index >= 15 is 0 Å². The summed E-state index contributed by atoms with van der Waals surface area (Å²) in [7, 11) is -3.72. The van der Waals surface area contributed by atoms with Crippen molar-refractivity contribution in [2.24, 2.45) is 5.92 Å². The number of benzene rings is 1. The standard InChI is InChI=1S/C19H25N3O4S/c1-13-4-2-3-5-16(13)21-19(24)10-11-20-27(25,26)15-7-8-17-14(12-15)6-9-18(23)22-17/h6-9,12-13,16,20H,2-5,10-11H2,1H3,(H,21,24)(H,22,23)/t13-,16+/m0/s1. The first-order chi connectivity index (χ1) is 12.8. The number of nitrogens with one attached hydrogen (secondary N) is 3. The highest BCUT2D eigenvalue weighted by atomic mass is 32.2. The Balaban J connectivity index is 1.57. The van der Waals surface area contributed by atoms with Crippen molar-refractivity contribution < 1.29 is 13.2 Å². The second-order valence-corrected chi connectivity index (χ2v) is 8.92. The molecule has 0 unspecified atom stereocenters. The fourth-order valence-electron chi connectivity index (χ4n) is 3.49. The van der Waals surface area contributed by atoms with Gasteiger partial charge in [-0.15, -0.1) is 0 Å². The lowest BCUT2D eigenvalue weighted by Gasteiger charge is -2.29. The lowest BCUT2D eigenvalue weighted by Crippen LogP contribution is -2.42. The Labute approximate surface area is 158 Å². The minimum absolute atomic E-state index is 0.0406. The van der Waals surface area contributed by atoms with E-state index in [9.17, 15) is 18.0 Å². The van der Waals surface area contributed by atoms with E-state index in [0.29, 0.717) is 16.8 Å². The molecule has 2 aromatic rings. The van der Waals surface area contributed by atoms with Crippen LogP contribution in [0.3, 0.4) is 0 Å². The molecule has 0 radical (unpaired) electrons. The molecule has 1 aromatic heterocycles. The molecule has 146 valence electrons. The molecule has 1 aromatic carbocycles. The van der Waals surface area contributed by atoms with Crippen molar-refractivity contribution in [2.45, 2.75) is 50.0 Å². The largest absolute Gasteiger partial charge is 0.353 e. The molecule has 0 aliphatic heterocycles. The number of carbonyl (C=O) groups is 1. The van der Waals surface area contributed by atoms with Crippen molar-refractivity contribution in [1.29, 1.82) is 0 Å². The molecule has 1 aliphatic carbocycles. The van der Waals surface area contributed by atoms with E-state index in [2.05, 4.69) is 21.9 Å². The highest BCUT2D eigenvalue weighted by Crippen LogP contribution is 2.23. The minimum Gasteiger partial charge on any atom is -0.353 e.